The molecule has 7 atom stereocenters. The first-order valence-electron chi connectivity index (χ1n) is 13.0. The molecule has 2 fully saturated rings. The number of allylic oxidation sites excluding steroid dienone is 2. The van der Waals surface area contributed by atoms with Crippen molar-refractivity contribution in [2.24, 2.45) is 29.4 Å². The highest BCUT2D eigenvalue weighted by molar-refractivity contribution is 6.25. The number of primary amides is 1. The van der Waals surface area contributed by atoms with E-state index in [0.29, 0.717) is 11.1 Å². The van der Waals surface area contributed by atoms with Gasteiger partial charge >= 0.3 is 0 Å². The quantitative estimate of drug-likeness (QED) is 0.324. The highest BCUT2D eigenvalue weighted by Crippen LogP contribution is 2.51. The molecule has 3 unspecified atom stereocenters. The molecule has 38 heavy (non-hydrogen) atoms. The van der Waals surface area contributed by atoms with E-state index in [1.165, 1.54) is 6.07 Å². The summed E-state index contributed by atoms with van der Waals surface area (Å²) in [7, 11) is 3.23. The van der Waals surface area contributed by atoms with Crippen molar-refractivity contribution in [2.75, 3.05) is 14.1 Å². The summed E-state index contributed by atoms with van der Waals surface area (Å²) in [6, 6.07) is 2.10. The Kier molecular flexibility index (Phi) is 6.54. The number of hydrogen-bond acceptors (Lipinski definition) is 8. The monoisotopic (exact) mass is 520 g/mol. The number of Topliss-reactive ketones (excluding diaryl/α,β-unsaturated/α-hetero) is 3. The number of ketones is 3. The number of rotatable bonds is 2. The third-order valence-corrected chi connectivity index (χ3v) is 8.82. The Morgan fingerprint density at radius 3 is 2.50 bits per heavy atom. The normalized spacial score (nSPS) is 34.4. The van der Waals surface area contributed by atoms with E-state index in [2.05, 4.69) is 17.9 Å². The smallest absolute Gasteiger partial charge is 0.230 e. The molecule has 1 amide bonds. The van der Waals surface area contributed by atoms with Crippen molar-refractivity contribution in [3.63, 3.8) is 0 Å². The van der Waals surface area contributed by atoms with Crippen LogP contribution < -0.4 is 5.73 Å². The molecule has 9 nitrogen and oxygen atoms in total. The minimum Gasteiger partial charge on any atom is -0.507 e. The van der Waals surface area contributed by atoms with Crippen LogP contribution in [0.2, 0.25) is 0 Å². The van der Waals surface area contributed by atoms with E-state index < -0.39 is 64.7 Å². The Morgan fingerprint density at radius 2 is 1.87 bits per heavy atom. The van der Waals surface area contributed by atoms with Crippen LogP contribution in [-0.2, 0) is 20.8 Å². The molecule has 0 heterocycles. The van der Waals surface area contributed by atoms with Crippen LogP contribution in [0.4, 0.5) is 0 Å². The first-order chi connectivity index (χ1) is 18.0. The van der Waals surface area contributed by atoms with Gasteiger partial charge in [-0.1, -0.05) is 17.9 Å². The van der Waals surface area contributed by atoms with Gasteiger partial charge in [-0.15, -0.1) is 0 Å². The van der Waals surface area contributed by atoms with Gasteiger partial charge in [0.1, 0.15) is 11.7 Å². The fraction of sp³-hybridized carbons (Fsp3) is 0.517. The summed E-state index contributed by atoms with van der Waals surface area (Å²) >= 11 is 0. The number of carbonyl (C=O) groups is 4. The number of nitrogens with two attached hydrogens (primary N) is 1. The summed E-state index contributed by atoms with van der Waals surface area (Å²) in [5, 5.41) is 33.2. The van der Waals surface area contributed by atoms with E-state index in [4.69, 9.17) is 5.73 Å². The molecule has 1 aromatic rings. The van der Waals surface area contributed by atoms with Crippen molar-refractivity contribution in [1.29, 1.82) is 0 Å². The number of nitrogens with zero attached hydrogens (tertiary/aromatic N) is 1. The van der Waals surface area contributed by atoms with Gasteiger partial charge in [-0.25, -0.2) is 0 Å². The molecule has 0 bridgehead atoms. The van der Waals surface area contributed by atoms with Gasteiger partial charge in [-0.2, -0.15) is 0 Å². The van der Waals surface area contributed by atoms with Gasteiger partial charge in [0.25, 0.3) is 0 Å². The van der Waals surface area contributed by atoms with E-state index in [1.807, 2.05) is 0 Å². The number of benzene rings is 1. The van der Waals surface area contributed by atoms with Crippen LogP contribution in [-0.4, -0.2) is 75.3 Å². The minimum absolute atomic E-state index is 0.0232. The van der Waals surface area contributed by atoms with E-state index in [-0.39, 0.29) is 24.2 Å². The number of phenolic OH excluding ortho intramolecular Hbond substituents is 1. The number of phenols is 1. The van der Waals surface area contributed by atoms with Gasteiger partial charge in [0.05, 0.1) is 17.6 Å². The van der Waals surface area contributed by atoms with Gasteiger partial charge in [-0.3, -0.25) is 19.2 Å². The molecule has 1 aromatic carbocycles. The second kappa shape index (κ2) is 9.45. The molecule has 0 aliphatic heterocycles. The van der Waals surface area contributed by atoms with E-state index >= 15 is 0 Å². The number of amides is 1. The number of aliphatic hydroxyl groups is 2. The number of likely N-dealkylation sites (N-methyl/N-ethyl adjacent to an activating group) is 1. The highest BCUT2D eigenvalue weighted by atomic mass is 16.3. The topological polar surface area (TPSA) is 158 Å². The van der Waals surface area contributed by atoms with Crippen molar-refractivity contribution in [1.82, 2.24) is 4.90 Å². The van der Waals surface area contributed by atoms with Crippen molar-refractivity contribution < 1.29 is 34.5 Å². The predicted molar refractivity (Wildman–Crippen MR) is 136 cm³/mol. The maximum absolute atomic E-state index is 13.9. The number of fused-ring (bicyclic) bond motifs is 3. The Morgan fingerprint density at radius 1 is 1.13 bits per heavy atom. The lowest BCUT2D eigenvalue weighted by Gasteiger charge is -2.54. The SMILES string of the molecule is CN(C)[C@H]1C(O)C(C(N)=O)C(=O)[C@]2(O)C(=O)C3C(=O)c4c(O)ccc(C#CC5=CCCCC5)c4C[C@@H]3C[C@H]12. The van der Waals surface area contributed by atoms with Gasteiger partial charge in [0, 0.05) is 17.5 Å². The molecule has 4 aliphatic rings. The van der Waals surface area contributed by atoms with Crippen LogP contribution in [0.15, 0.2) is 23.8 Å². The molecule has 0 spiro atoms. The summed E-state index contributed by atoms with van der Waals surface area (Å²) in [5.74, 6) is -2.78. The standard InChI is InChI=1S/C29H32N2O7/c1-31(2)23-18-13-16-12-17-15(9-8-14-6-4-3-5-7-14)10-11-19(32)21(17)24(33)20(16)26(35)29(18,38)27(36)22(25(23)34)28(30)37/h6,10-11,16,18,20,22-23,25,32,34,38H,3-5,7,12-13H2,1-2H3,(H2,30,37)/t16-,18-,20?,22?,23-,25?,29-/m1/s1. The molecule has 2 saturated carbocycles. The molecule has 0 radical (unpaired) electrons. The highest BCUT2D eigenvalue weighted by Gasteiger charge is 2.69. The van der Waals surface area contributed by atoms with Crippen LogP contribution in [0.5, 0.6) is 5.75 Å². The molecular weight excluding hydrogens is 488 g/mol. The lowest BCUT2D eigenvalue weighted by Crippen LogP contribution is -2.75. The lowest BCUT2D eigenvalue weighted by molar-refractivity contribution is -0.190. The van der Waals surface area contributed by atoms with E-state index in [9.17, 15) is 34.5 Å². The zero-order valence-corrected chi connectivity index (χ0v) is 21.4. The van der Waals surface area contributed by atoms with Crippen molar-refractivity contribution >= 4 is 23.3 Å². The van der Waals surface area contributed by atoms with E-state index in [0.717, 1.165) is 31.3 Å². The third-order valence-electron chi connectivity index (χ3n) is 8.82. The van der Waals surface area contributed by atoms with Gasteiger partial charge in [0.15, 0.2) is 23.0 Å². The fourth-order valence-electron chi connectivity index (χ4n) is 7.04. The van der Waals surface area contributed by atoms with Crippen LogP contribution in [0.3, 0.4) is 0 Å². The van der Waals surface area contributed by atoms with Crippen LogP contribution in [0.1, 0.15) is 53.6 Å². The molecule has 200 valence electrons. The van der Waals surface area contributed by atoms with Gasteiger partial charge < -0.3 is 26.0 Å². The molecule has 0 saturated heterocycles. The average Bonchev–Trinajstić information content (AvgIpc) is 2.86. The fourth-order valence-corrected chi connectivity index (χ4v) is 7.04. The number of hydrogen-bond donors (Lipinski definition) is 4. The van der Waals surface area contributed by atoms with Crippen LogP contribution in [0.25, 0.3) is 0 Å². The molecule has 4 aliphatic carbocycles. The molecular formula is C29H32N2O7. The number of carbonyl (C=O) groups excluding carboxylic acids is 4. The Labute approximate surface area is 220 Å². The average molecular weight is 521 g/mol. The summed E-state index contributed by atoms with van der Waals surface area (Å²) in [6.07, 6.45) is 4.94. The summed E-state index contributed by atoms with van der Waals surface area (Å²) in [4.78, 5) is 54.6. The van der Waals surface area contributed by atoms with Crippen molar-refractivity contribution in [3.8, 4) is 17.6 Å². The van der Waals surface area contributed by atoms with Crippen LogP contribution in [0, 0.1) is 35.5 Å². The minimum atomic E-state index is -2.66. The second-order valence-electron chi connectivity index (χ2n) is 11.2. The predicted octanol–water partition coefficient (Wildman–Crippen LogP) is 0.511. The maximum Gasteiger partial charge on any atom is 0.230 e. The zero-order chi connectivity index (χ0) is 27.5. The summed E-state index contributed by atoms with van der Waals surface area (Å²) in [5.41, 5.74) is 4.87. The van der Waals surface area contributed by atoms with Crippen molar-refractivity contribution in [3.05, 3.63) is 40.5 Å². The first-order valence-corrected chi connectivity index (χ1v) is 13.0. The largest absolute Gasteiger partial charge is 0.507 e. The number of aliphatic hydroxyl groups excluding tert-OH is 1. The molecule has 5 rings (SSSR count). The molecule has 0 aromatic heterocycles. The van der Waals surface area contributed by atoms with Gasteiger partial charge in [0.2, 0.25) is 5.91 Å². The zero-order valence-electron chi connectivity index (χ0n) is 21.4. The van der Waals surface area contributed by atoms with Crippen molar-refractivity contribution in [2.45, 2.75) is 56.3 Å². The Bertz CT molecular complexity index is 1340. The van der Waals surface area contributed by atoms with E-state index in [1.54, 1.807) is 25.1 Å². The molecule has 5 N–H and O–H groups in total. The summed E-state index contributed by atoms with van der Waals surface area (Å²) in [6.45, 7) is 0. The first kappa shape index (κ1) is 26.3. The Hall–Kier alpha value is -3.32. The molecule has 9 heteroatoms. The number of aromatic hydroxyl groups is 1. The summed E-state index contributed by atoms with van der Waals surface area (Å²) < 4.78 is 0. The second-order valence-corrected chi connectivity index (χ2v) is 11.2. The Balaban J connectivity index is 1.59. The van der Waals surface area contributed by atoms with Gasteiger partial charge in [-0.05, 0) is 81.8 Å². The van der Waals surface area contributed by atoms with Crippen LogP contribution >= 0.6 is 0 Å². The third kappa shape index (κ3) is 3.82. The lowest BCUT2D eigenvalue weighted by atomic mass is 9.52. The maximum atomic E-state index is 13.9.